The predicted molar refractivity (Wildman–Crippen MR) is 127 cm³/mol. The number of aliphatic hydroxyl groups excluding tert-OH is 1. The molecule has 8 nitrogen and oxygen atoms in total. The number of ether oxygens (including phenoxy) is 1. The average Bonchev–Trinajstić information content (AvgIpc) is 2.70. The molecule has 0 radical (unpaired) electrons. The number of rotatable bonds is 22. The minimum atomic E-state index is -4.23. The fourth-order valence-electron chi connectivity index (χ4n) is 3.07. The fraction of sp³-hybridized carbons (Fsp3) is 0.957. The zero-order valence-electron chi connectivity index (χ0n) is 20.9. The van der Waals surface area contributed by atoms with E-state index in [4.69, 9.17) is 13.8 Å². The maximum absolute atomic E-state index is 11.8. The van der Waals surface area contributed by atoms with E-state index in [-0.39, 0.29) is 19.2 Å². The van der Waals surface area contributed by atoms with Gasteiger partial charge in [0.25, 0.3) is 0 Å². The quantitative estimate of drug-likeness (QED) is 0.0987. The summed E-state index contributed by atoms with van der Waals surface area (Å²) >= 11 is 0. The Morgan fingerprint density at radius 2 is 1.34 bits per heavy atom. The van der Waals surface area contributed by atoms with Gasteiger partial charge < -0.3 is 19.2 Å². The van der Waals surface area contributed by atoms with Gasteiger partial charge in [0, 0.05) is 6.42 Å². The molecule has 0 bridgehead atoms. The molecular weight excluding hydrogens is 433 g/mol. The summed E-state index contributed by atoms with van der Waals surface area (Å²) in [7, 11) is 1.56. The van der Waals surface area contributed by atoms with Gasteiger partial charge in [-0.2, -0.15) is 0 Å². The second-order valence-corrected chi connectivity index (χ2v) is 11.0. The number of unbranched alkanes of at least 4 members (excludes halogenated alkanes) is 11. The first-order valence-corrected chi connectivity index (χ1v) is 13.8. The molecule has 0 fully saturated rings. The smallest absolute Gasteiger partial charge is 0.463 e. The Labute approximate surface area is 195 Å². The number of aliphatic hydroxyl groups is 1. The van der Waals surface area contributed by atoms with Crippen LogP contribution in [0.5, 0.6) is 0 Å². The minimum absolute atomic E-state index is 0.0570. The topological polar surface area (TPSA) is 102 Å². The number of hydrogen-bond donors (Lipinski definition) is 2. The van der Waals surface area contributed by atoms with Gasteiger partial charge in [0.1, 0.15) is 25.9 Å². The van der Waals surface area contributed by atoms with Crippen molar-refractivity contribution in [3.05, 3.63) is 0 Å². The van der Waals surface area contributed by atoms with Crippen molar-refractivity contribution in [2.75, 3.05) is 47.5 Å². The molecule has 0 rings (SSSR count). The number of likely N-dealkylation sites (N-methyl/N-ethyl adjacent to an activating group) is 1. The molecule has 0 amide bonds. The number of hydrogen-bond acceptors (Lipinski definition) is 6. The van der Waals surface area contributed by atoms with Gasteiger partial charge in [0.05, 0.1) is 27.7 Å². The van der Waals surface area contributed by atoms with Crippen molar-refractivity contribution in [1.29, 1.82) is 0 Å². The summed E-state index contributed by atoms with van der Waals surface area (Å²) < 4.78 is 27.0. The number of nitrogens with zero attached hydrogens (tertiary/aromatic N) is 1. The highest BCUT2D eigenvalue weighted by molar-refractivity contribution is 7.47. The van der Waals surface area contributed by atoms with Crippen LogP contribution in [-0.2, 0) is 23.1 Å². The Hall–Kier alpha value is -0.500. The van der Waals surface area contributed by atoms with E-state index in [1.165, 1.54) is 57.8 Å². The summed E-state index contributed by atoms with van der Waals surface area (Å²) in [5, 5.41) is 9.80. The standard InChI is InChI=1S/C23H48NO7P/c1-5-6-7-8-9-10-11-12-13-14-15-16-17-23(26)29-20-22(25)21-31-32(27,28)30-19-18-24(2,3)4/h22,25H,5-21H2,1-4H3/p+1/t22-/m0/s1. The van der Waals surface area contributed by atoms with Gasteiger partial charge in [0.15, 0.2) is 0 Å². The molecule has 0 aliphatic rings. The molecule has 2 N–H and O–H groups in total. The van der Waals surface area contributed by atoms with Crippen molar-refractivity contribution in [2.45, 2.75) is 96.5 Å². The third-order valence-corrected chi connectivity index (χ3v) is 6.10. The molecule has 32 heavy (non-hydrogen) atoms. The summed E-state index contributed by atoms with van der Waals surface area (Å²) in [4.78, 5) is 21.4. The second-order valence-electron chi connectivity index (χ2n) is 9.59. The Balaban J connectivity index is 3.60. The highest BCUT2D eigenvalue weighted by Crippen LogP contribution is 2.43. The molecule has 0 aliphatic carbocycles. The first kappa shape index (κ1) is 31.5. The lowest BCUT2D eigenvalue weighted by Gasteiger charge is -2.24. The molecule has 9 heteroatoms. The molecule has 192 valence electrons. The number of carbonyl (C=O) groups is 1. The van der Waals surface area contributed by atoms with E-state index in [2.05, 4.69) is 6.92 Å². The Morgan fingerprint density at radius 1 is 0.844 bits per heavy atom. The van der Waals surface area contributed by atoms with Gasteiger partial charge in [-0.1, -0.05) is 77.6 Å². The van der Waals surface area contributed by atoms with E-state index in [0.29, 0.717) is 17.4 Å². The number of phosphoric ester groups is 1. The molecule has 0 aromatic rings. The molecule has 1 unspecified atom stereocenters. The third-order valence-electron chi connectivity index (χ3n) is 5.12. The summed E-state index contributed by atoms with van der Waals surface area (Å²) in [6.45, 7) is 2.12. The van der Waals surface area contributed by atoms with Crippen molar-refractivity contribution in [1.82, 2.24) is 0 Å². The third kappa shape index (κ3) is 22.7. The molecule has 0 spiro atoms. The number of esters is 1. The van der Waals surface area contributed by atoms with E-state index in [0.717, 1.165) is 19.3 Å². The molecular formula is C23H49NO7P+. The molecule has 2 atom stereocenters. The van der Waals surface area contributed by atoms with Crippen molar-refractivity contribution in [3.63, 3.8) is 0 Å². The molecule has 0 aliphatic heterocycles. The fourth-order valence-corrected chi connectivity index (χ4v) is 3.81. The van der Waals surface area contributed by atoms with Crippen LogP contribution in [-0.4, -0.2) is 74.1 Å². The van der Waals surface area contributed by atoms with E-state index in [1.807, 2.05) is 21.1 Å². The lowest BCUT2D eigenvalue weighted by Crippen LogP contribution is -2.37. The first-order chi connectivity index (χ1) is 15.1. The van der Waals surface area contributed by atoms with Gasteiger partial charge in [-0.15, -0.1) is 0 Å². The normalized spacial score (nSPS) is 14.8. The van der Waals surface area contributed by atoms with Crippen molar-refractivity contribution >= 4 is 13.8 Å². The second kappa shape index (κ2) is 18.9. The maximum Gasteiger partial charge on any atom is 0.472 e. The summed E-state index contributed by atoms with van der Waals surface area (Å²) in [6.07, 6.45) is 13.9. The zero-order chi connectivity index (χ0) is 24.3. The predicted octanol–water partition coefficient (Wildman–Crippen LogP) is 4.82. The van der Waals surface area contributed by atoms with Crippen molar-refractivity contribution in [2.24, 2.45) is 0 Å². The monoisotopic (exact) mass is 482 g/mol. The SMILES string of the molecule is CCCCCCCCCCCCCCC(=O)OC[C@H](O)COP(=O)(O)OCC[N+](C)(C)C. The van der Waals surface area contributed by atoms with E-state index in [9.17, 15) is 19.4 Å². The minimum Gasteiger partial charge on any atom is -0.463 e. The van der Waals surface area contributed by atoms with Crippen LogP contribution in [0.25, 0.3) is 0 Å². The van der Waals surface area contributed by atoms with E-state index >= 15 is 0 Å². The number of phosphoric acid groups is 1. The van der Waals surface area contributed by atoms with E-state index in [1.54, 1.807) is 0 Å². The van der Waals surface area contributed by atoms with Crippen LogP contribution in [0.2, 0.25) is 0 Å². The van der Waals surface area contributed by atoms with Crippen LogP contribution in [0.15, 0.2) is 0 Å². The Morgan fingerprint density at radius 3 is 1.84 bits per heavy atom. The van der Waals surface area contributed by atoms with Crippen LogP contribution in [0.3, 0.4) is 0 Å². The van der Waals surface area contributed by atoms with Crippen molar-refractivity contribution < 1.29 is 37.6 Å². The Kier molecular flexibility index (Phi) is 18.6. The lowest BCUT2D eigenvalue weighted by atomic mass is 10.0. The Bertz CT molecular complexity index is 511. The van der Waals surface area contributed by atoms with Crippen LogP contribution in [0.4, 0.5) is 0 Å². The molecule has 0 heterocycles. The van der Waals surface area contributed by atoms with Crippen LogP contribution < -0.4 is 0 Å². The van der Waals surface area contributed by atoms with E-state index < -0.39 is 20.5 Å². The van der Waals surface area contributed by atoms with Gasteiger partial charge in [-0.3, -0.25) is 13.8 Å². The summed E-state index contributed by atoms with van der Waals surface area (Å²) in [6, 6.07) is 0. The lowest BCUT2D eigenvalue weighted by molar-refractivity contribution is -0.870. The van der Waals surface area contributed by atoms with Gasteiger partial charge in [-0.25, -0.2) is 4.57 Å². The highest BCUT2D eigenvalue weighted by atomic mass is 31.2. The van der Waals surface area contributed by atoms with Gasteiger partial charge >= 0.3 is 13.8 Å². The number of carbonyl (C=O) groups excluding carboxylic acids is 1. The largest absolute Gasteiger partial charge is 0.472 e. The van der Waals surface area contributed by atoms with Crippen LogP contribution >= 0.6 is 7.82 Å². The molecule has 0 aromatic carbocycles. The van der Waals surface area contributed by atoms with Crippen LogP contribution in [0, 0.1) is 0 Å². The molecule has 0 saturated carbocycles. The highest BCUT2D eigenvalue weighted by Gasteiger charge is 2.24. The van der Waals surface area contributed by atoms with Gasteiger partial charge in [0.2, 0.25) is 0 Å². The molecule has 0 aromatic heterocycles. The first-order valence-electron chi connectivity index (χ1n) is 12.3. The summed E-state index contributed by atoms with van der Waals surface area (Å²) in [5.41, 5.74) is 0. The number of quaternary nitrogens is 1. The van der Waals surface area contributed by atoms with Crippen LogP contribution in [0.1, 0.15) is 90.4 Å². The zero-order valence-corrected chi connectivity index (χ0v) is 21.8. The van der Waals surface area contributed by atoms with Gasteiger partial charge in [-0.05, 0) is 6.42 Å². The average molecular weight is 483 g/mol. The maximum atomic E-state index is 11.8. The van der Waals surface area contributed by atoms with Crippen molar-refractivity contribution in [3.8, 4) is 0 Å². The molecule has 0 saturated heterocycles. The summed E-state index contributed by atoms with van der Waals surface area (Å²) in [5.74, 6) is -0.373.